The van der Waals surface area contributed by atoms with E-state index in [4.69, 9.17) is 9.84 Å². The second-order valence-corrected chi connectivity index (χ2v) is 3.49. The molecule has 0 bridgehead atoms. The number of carbonyl (C=O) groups excluding carboxylic acids is 1. The molecule has 1 rings (SSSR count). The average molecular weight is 257 g/mol. The molecule has 100 valence electrons. The maximum atomic E-state index is 12.0. The van der Waals surface area contributed by atoms with Gasteiger partial charge in [-0.3, -0.25) is 14.6 Å². The molecule has 0 spiro atoms. The predicted octanol–water partition coefficient (Wildman–Crippen LogP) is -1.86. The first-order chi connectivity index (χ1) is 8.60. The van der Waals surface area contributed by atoms with Crippen LogP contribution in [0.15, 0.2) is 15.8 Å². The molecule has 0 aliphatic carbocycles. The van der Waals surface area contributed by atoms with Crippen molar-refractivity contribution in [1.29, 1.82) is 0 Å². The smallest absolute Gasteiger partial charge is 0.325 e. The second kappa shape index (κ2) is 6.72. The van der Waals surface area contributed by atoms with Gasteiger partial charge in [-0.1, -0.05) is 0 Å². The van der Waals surface area contributed by atoms with Crippen LogP contribution in [0.3, 0.4) is 0 Å². The molecule has 8 heteroatoms. The van der Waals surface area contributed by atoms with Gasteiger partial charge in [0.2, 0.25) is 0 Å². The second-order valence-electron chi connectivity index (χ2n) is 3.49. The molecule has 1 aromatic heterocycles. The average Bonchev–Trinajstić information content (AvgIpc) is 2.33. The predicted molar refractivity (Wildman–Crippen MR) is 62.5 cm³/mol. The van der Waals surface area contributed by atoms with E-state index in [1.54, 1.807) is 0 Å². The van der Waals surface area contributed by atoms with E-state index in [1.807, 2.05) is 4.98 Å². The molecule has 1 aromatic rings. The maximum absolute atomic E-state index is 12.0. The summed E-state index contributed by atoms with van der Waals surface area (Å²) in [6, 6.07) is 0. The van der Waals surface area contributed by atoms with Crippen LogP contribution in [0, 0.1) is 0 Å². The number of hydrogen-bond acceptors (Lipinski definition) is 5. The van der Waals surface area contributed by atoms with Gasteiger partial charge in [0, 0.05) is 26.4 Å². The highest BCUT2D eigenvalue weighted by atomic mass is 16.5. The third kappa shape index (κ3) is 3.54. The lowest BCUT2D eigenvalue weighted by atomic mass is 10.3. The number of rotatable bonds is 6. The highest BCUT2D eigenvalue weighted by Crippen LogP contribution is 1.97. The molecule has 0 unspecified atom stereocenters. The molecular weight excluding hydrogens is 242 g/mol. The highest BCUT2D eigenvalue weighted by molar-refractivity contribution is 5.93. The minimum absolute atomic E-state index is 0.0841. The van der Waals surface area contributed by atoms with Crippen LogP contribution in [0.1, 0.15) is 10.4 Å². The quantitative estimate of drug-likeness (QED) is 0.553. The first kappa shape index (κ1) is 14.1. The summed E-state index contributed by atoms with van der Waals surface area (Å²) >= 11 is 0. The zero-order valence-corrected chi connectivity index (χ0v) is 9.93. The van der Waals surface area contributed by atoms with Gasteiger partial charge in [-0.15, -0.1) is 0 Å². The lowest BCUT2D eigenvalue weighted by molar-refractivity contribution is 0.0654. The van der Waals surface area contributed by atoms with Gasteiger partial charge in [-0.25, -0.2) is 4.79 Å². The van der Waals surface area contributed by atoms with E-state index >= 15 is 0 Å². The number of aliphatic hydroxyl groups is 1. The van der Waals surface area contributed by atoms with Crippen molar-refractivity contribution in [3.8, 4) is 0 Å². The molecule has 0 atom stereocenters. The van der Waals surface area contributed by atoms with Crippen LogP contribution >= 0.6 is 0 Å². The van der Waals surface area contributed by atoms with E-state index in [-0.39, 0.29) is 31.9 Å². The normalized spacial score (nSPS) is 10.3. The summed E-state index contributed by atoms with van der Waals surface area (Å²) in [6.45, 7) is 0.388. The topological polar surface area (TPSA) is 115 Å². The third-order valence-corrected chi connectivity index (χ3v) is 2.27. The Kier molecular flexibility index (Phi) is 5.28. The van der Waals surface area contributed by atoms with Crippen LogP contribution < -0.4 is 11.2 Å². The Labute approximate surface area is 102 Å². The summed E-state index contributed by atoms with van der Waals surface area (Å²) in [5.41, 5.74) is -1.62. The SMILES string of the molecule is COCCN(CCO)C(=O)c1c[nH]c(=O)[nH]c1=O. The third-order valence-electron chi connectivity index (χ3n) is 2.27. The first-order valence-corrected chi connectivity index (χ1v) is 5.31. The number of aromatic amines is 2. The van der Waals surface area contributed by atoms with Crippen LogP contribution in [-0.2, 0) is 4.74 Å². The number of hydrogen-bond donors (Lipinski definition) is 3. The molecule has 3 N–H and O–H groups in total. The standard InChI is InChI=1S/C10H15N3O5/c1-18-5-3-13(2-4-14)9(16)7-6-11-10(17)12-8(7)15/h6,14H,2-5H2,1H3,(H2,11,12,15,17). The molecule has 0 aromatic carbocycles. The van der Waals surface area contributed by atoms with E-state index in [9.17, 15) is 14.4 Å². The molecule has 1 amide bonds. The molecule has 0 saturated carbocycles. The van der Waals surface area contributed by atoms with Crippen molar-refractivity contribution < 1.29 is 14.6 Å². The fraction of sp³-hybridized carbons (Fsp3) is 0.500. The Morgan fingerprint density at radius 3 is 2.72 bits per heavy atom. The van der Waals surface area contributed by atoms with Crippen molar-refractivity contribution >= 4 is 5.91 Å². The Balaban J connectivity index is 2.94. The van der Waals surface area contributed by atoms with E-state index in [2.05, 4.69) is 4.98 Å². The minimum atomic E-state index is -0.760. The van der Waals surface area contributed by atoms with Gasteiger partial charge in [0.25, 0.3) is 11.5 Å². The highest BCUT2D eigenvalue weighted by Gasteiger charge is 2.18. The summed E-state index contributed by atoms with van der Waals surface area (Å²) in [7, 11) is 1.48. The van der Waals surface area contributed by atoms with Gasteiger partial charge in [0.1, 0.15) is 5.56 Å². The number of aromatic nitrogens is 2. The summed E-state index contributed by atoms with van der Waals surface area (Å²) in [5.74, 6) is -0.571. The Morgan fingerprint density at radius 1 is 1.44 bits per heavy atom. The van der Waals surface area contributed by atoms with Gasteiger partial charge in [-0.05, 0) is 0 Å². The molecule has 1 heterocycles. The fourth-order valence-electron chi connectivity index (χ4n) is 1.38. The number of methoxy groups -OCH3 is 1. The molecule has 0 fully saturated rings. The van der Waals surface area contributed by atoms with Crippen LogP contribution in [0.2, 0.25) is 0 Å². The monoisotopic (exact) mass is 257 g/mol. The Bertz CT molecular complexity index is 507. The zero-order chi connectivity index (χ0) is 13.5. The molecule has 0 saturated heterocycles. The van der Waals surface area contributed by atoms with E-state index < -0.39 is 17.2 Å². The van der Waals surface area contributed by atoms with E-state index in [1.165, 1.54) is 12.0 Å². The number of H-pyrrole nitrogens is 2. The van der Waals surface area contributed by atoms with Gasteiger partial charge >= 0.3 is 5.69 Å². The molecule has 0 aliphatic heterocycles. The Morgan fingerprint density at radius 2 is 2.17 bits per heavy atom. The van der Waals surface area contributed by atoms with Crippen molar-refractivity contribution in [2.24, 2.45) is 0 Å². The molecular formula is C10H15N3O5. The number of aliphatic hydroxyl groups excluding tert-OH is 1. The number of carbonyl (C=O) groups is 1. The van der Waals surface area contributed by atoms with Crippen molar-refractivity contribution in [3.63, 3.8) is 0 Å². The lowest BCUT2D eigenvalue weighted by Gasteiger charge is -2.20. The van der Waals surface area contributed by atoms with Gasteiger partial charge < -0.3 is 19.7 Å². The first-order valence-electron chi connectivity index (χ1n) is 5.31. The van der Waals surface area contributed by atoms with Crippen molar-refractivity contribution in [2.75, 3.05) is 33.4 Å². The van der Waals surface area contributed by atoms with Crippen molar-refractivity contribution in [3.05, 3.63) is 32.6 Å². The van der Waals surface area contributed by atoms with Crippen molar-refractivity contribution in [1.82, 2.24) is 14.9 Å². The van der Waals surface area contributed by atoms with Gasteiger partial charge in [0.15, 0.2) is 0 Å². The fourth-order valence-corrected chi connectivity index (χ4v) is 1.38. The van der Waals surface area contributed by atoms with Gasteiger partial charge in [0.05, 0.1) is 13.2 Å². The summed E-state index contributed by atoms with van der Waals surface area (Å²) in [6.07, 6.45) is 1.06. The molecule has 18 heavy (non-hydrogen) atoms. The largest absolute Gasteiger partial charge is 0.395 e. The molecule has 8 nitrogen and oxygen atoms in total. The van der Waals surface area contributed by atoms with Crippen LogP contribution in [0.5, 0.6) is 0 Å². The van der Waals surface area contributed by atoms with E-state index in [0.717, 1.165) is 6.20 Å². The maximum Gasteiger partial charge on any atom is 0.325 e. The van der Waals surface area contributed by atoms with Crippen molar-refractivity contribution in [2.45, 2.75) is 0 Å². The van der Waals surface area contributed by atoms with Crippen LogP contribution in [-0.4, -0.2) is 59.3 Å². The summed E-state index contributed by atoms with van der Waals surface area (Å²) < 4.78 is 4.83. The summed E-state index contributed by atoms with van der Waals surface area (Å²) in [5, 5.41) is 8.87. The minimum Gasteiger partial charge on any atom is -0.395 e. The molecule has 0 aliphatic rings. The Hall–Kier alpha value is -1.93. The number of nitrogens with zero attached hydrogens (tertiary/aromatic N) is 1. The van der Waals surface area contributed by atoms with Crippen LogP contribution in [0.4, 0.5) is 0 Å². The number of nitrogens with one attached hydrogen (secondary N) is 2. The zero-order valence-electron chi connectivity index (χ0n) is 9.93. The number of amides is 1. The van der Waals surface area contributed by atoms with Gasteiger partial charge in [-0.2, -0.15) is 0 Å². The number of ether oxygens (including phenoxy) is 1. The van der Waals surface area contributed by atoms with Crippen LogP contribution in [0.25, 0.3) is 0 Å². The van der Waals surface area contributed by atoms with E-state index in [0.29, 0.717) is 0 Å². The summed E-state index contributed by atoms with van der Waals surface area (Å²) in [4.78, 5) is 39.7. The lowest BCUT2D eigenvalue weighted by Crippen LogP contribution is -2.40. The molecule has 0 radical (unpaired) electrons.